The van der Waals surface area contributed by atoms with Gasteiger partial charge < -0.3 is 10.6 Å². The highest BCUT2D eigenvalue weighted by Gasteiger charge is 2.34. The van der Waals surface area contributed by atoms with Crippen LogP contribution >= 0.6 is 0 Å². The van der Waals surface area contributed by atoms with Crippen molar-refractivity contribution >= 4 is 11.5 Å². The summed E-state index contributed by atoms with van der Waals surface area (Å²) in [7, 11) is 0. The Balaban J connectivity index is 1.59. The van der Waals surface area contributed by atoms with E-state index >= 15 is 0 Å². The van der Waals surface area contributed by atoms with Crippen molar-refractivity contribution in [1.82, 2.24) is 4.90 Å². The molecular weight excluding hydrogens is 382 g/mol. The normalized spacial score (nSPS) is 20.8. The quantitative estimate of drug-likeness (QED) is 0.734. The van der Waals surface area contributed by atoms with Gasteiger partial charge in [0.05, 0.1) is 12.1 Å². The molecular formula is C25H28F2N2O. The smallest absolute Gasteiger partial charge is 0.240 e. The van der Waals surface area contributed by atoms with Crippen LogP contribution in [-0.2, 0) is 4.79 Å². The number of amides is 1. The van der Waals surface area contributed by atoms with Gasteiger partial charge in [-0.1, -0.05) is 68.5 Å². The minimum Gasteiger partial charge on any atom is -0.326 e. The first-order valence-electron chi connectivity index (χ1n) is 10.8. The second-order valence-corrected chi connectivity index (χ2v) is 8.48. The molecule has 0 spiro atoms. The minimum absolute atomic E-state index is 0.127. The number of carbonyl (C=O) groups is 1. The zero-order valence-electron chi connectivity index (χ0n) is 17.1. The molecule has 1 unspecified atom stereocenters. The number of benzene rings is 2. The Kier molecular flexibility index (Phi) is 6.28. The van der Waals surface area contributed by atoms with Crippen molar-refractivity contribution in [3.05, 3.63) is 77.4 Å². The van der Waals surface area contributed by atoms with Crippen LogP contribution in [0.4, 0.5) is 8.78 Å². The second-order valence-electron chi connectivity index (χ2n) is 8.48. The van der Waals surface area contributed by atoms with Gasteiger partial charge in [-0.3, -0.25) is 4.79 Å². The summed E-state index contributed by atoms with van der Waals surface area (Å²) >= 11 is 0. The van der Waals surface area contributed by atoms with Crippen LogP contribution in [0.3, 0.4) is 0 Å². The number of nitrogens with two attached hydrogens (primary N) is 1. The maximum Gasteiger partial charge on any atom is 0.240 e. The van der Waals surface area contributed by atoms with E-state index in [0.29, 0.717) is 17.9 Å². The molecule has 1 aliphatic carbocycles. The van der Waals surface area contributed by atoms with Crippen LogP contribution in [-0.4, -0.2) is 23.4 Å². The van der Waals surface area contributed by atoms with E-state index in [1.807, 2.05) is 36.4 Å². The van der Waals surface area contributed by atoms with Crippen LogP contribution in [0.25, 0.3) is 5.57 Å². The maximum atomic E-state index is 14.4. The molecule has 158 valence electrons. The molecule has 2 aromatic carbocycles. The molecule has 0 radical (unpaired) electrons. The standard InChI is InChI=1S/C25H28F2N2O/c26-20-11-12-22(27)21(15-20)19-14-24(18-9-5-2-6-10-18)29(16-19)25(30)23(28)13-17-7-3-1-4-8-17/h2,5-6,9-12,14-15,17,23-24H,1,3-4,7-8,13,16,28H2/t23-,24?/m0/s1. The molecule has 2 aromatic rings. The lowest BCUT2D eigenvalue weighted by Gasteiger charge is -2.30. The SMILES string of the molecule is N[C@@H](CC1CCCCC1)C(=O)N1CC(c2cc(F)ccc2F)=CC1c1ccccc1. The largest absolute Gasteiger partial charge is 0.326 e. The predicted molar refractivity (Wildman–Crippen MR) is 114 cm³/mol. The van der Waals surface area contributed by atoms with Gasteiger partial charge in [0.25, 0.3) is 0 Å². The van der Waals surface area contributed by atoms with Crippen LogP contribution in [0, 0.1) is 17.6 Å². The van der Waals surface area contributed by atoms with Crippen LogP contribution < -0.4 is 5.73 Å². The number of hydrogen-bond donors (Lipinski definition) is 1. The topological polar surface area (TPSA) is 46.3 Å². The predicted octanol–water partition coefficient (Wildman–Crippen LogP) is 5.23. The van der Waals surface area contributed by atoms with E-state index in [-0.39, 0.29) is 24.1 Å². The van der Waals surface area contributed by atoms with E-state index in [1.54, 1.807) is 4.90 Å². The molecule has 2 N–H and O–H groups in total. The first kappa shape index (κ1) is 20.7. The van der Waals surface area contributed by atoms with Crippen molar-refractivity contribution in [2.24, 2.45) is 11.7 Å². The van der Waals surface area contributed by atoms with Crippen molar-refractivity contribution in [3.63, 3.8) is 0 Å². The third-order valence-electron chi connectivity index (χ3n) is 6.36. The molecule has 30 heavy (non-hydrogen) atoms. The molecule has 4 rings (SSSR count). The van der Waals surface area contributed by atoms with E-state index in [4.69, 9.17) is 5.73 Å². The Morgan fingerprint density at radius 2 is 1.80 bits per heavy atom. The lowest BCUT2D eigenvalue weighted by Crippen LogP contribution is -2.45. The van der Waals surface area contributed by atoms with E-state index in [1.165, 1.54) is 25.3 Å². The van der Waals surface area contributed by atoms with Crippen molar-refractivity contribution in [1.29, 1.82) is 0 Å². The molecule has 1 heterocycles. The van der Waals surface area contributed by atoms with Crippen molar-refractivity contribution < 1.29 is 13.6 Å². The van der Waals surface area contributed by atoms with Gasteiger partial charge in [-0.05, 0) is 41.7 Å². The van der Waals surface area contributed by atoms with Gasteiger partial charge in [0.15, 0.2) is 0 Å². The van der Waals surface area contributed by atoms with E-state index in [9.17, 15) is 13.6 Å². The van der Waals surface area contributed by atoms with E-state index < -0.39 is 17.7 Å². The van der Waals surface area contributed by atoms with Crippen LogP contribution in [0.5, 0.6) is 0 Å². The van der Waals surface area contributed by atoms with Gasteiger partial charge in [0, 0.05) is 12.1 Å². The van der Waals surface area contributed by atoms with Gasteiger partial charge in [-0.25, -0.2) is 8.78 Å². The number of carbonyl (C=O) groups excluding carboxylic acids is 1. The summed E-state index contributed by atoms with van der Waals surface area (Å²) in [5.74, 6) is -0.626. The molecule has 0 aromatic heterocycles. The van der Waals surface area contributed by atoms with E-state index in [2.05, 4.69) is 0 Å². The molecule has 0 saturated heterocycles. The van der Waals surface area contributed by atoms with Crippen LogP contribution in [0.2, 0.25) is 0 Å². The molecule has 0 bridgehead atoms. The monoisotopic (exact) mass is 410 g/mol. The number of hydrogen-bond acceptors (Lipinski definition) is 2. The van der Waals surface area contributed by atoms with Gasteiger partial charge in [0.1, 0.15) is 11.6 Å². The summed E-state index contributed by atoms with van der Waals surface area (Å²) < 4.78 is 28.2. The number of rotatable bonds is 5. The summed E-state index contributed by atoms with van der Waals surface area (Å²) in [6, 6.07) is 12.1. The summed E-state index contributed by atoms with van der Waals surface area (Å²) in [5.41, 5.74) is 8.10. The van der Waals surface area contributed by atoms with Crippen molar-refractivity contribution in [3.8, 4) is 0 Å². The average Bonchev–Trinajstić information content (AvgIpc) is 3.21. The summed E-state index contributed by atoms with van der Waals surface area (Å²) in [5, 5.41) is 0. The van der Waals surface area contributed by atoms with Crippen molar-refractivity contribution in [2.45, 2.75) is 50.6 Å². The first-order chi connectivity index (χ1) is 14.5. The van der Waals surface area contributed by atoms with E-state index in [0.717, 1.165) is 30.5 Å². The van der Waals surface area contributed by atoms with Gasteiger partial charge in [0.2, 0.25) is 5.91 Å². The summed E-state index contributed by atoms with van der Waals surface area (Å²) in [6.07, 6.45) is 8.45. The highest BCUT2D eigenvalue weighted by atomic mass is 19.1. The third-order valence-corrected chi connectivity index (χ3v) is 6.36. The summed E-state index contributed by atoms with van der Waals surface area (Å²) in [6.45, 7) is 0.219. The fourth-order valence-electron chi connectivity index (χ4n) is 4.77. The molecule has 1 saturated carbocycles. The molecule has 5 heteroatoms. The lowest BCUT2D eigenvalue weighted by atomic mass is 9.84. The molecule has 2 atom stereocenters. The first-order valence-corrected chi connectivity index (χ1v) is 10.8. The molecule has 1 amide bonds. The third kappa shape index (κ3) is 4.46. The Bertz CT molecular complexity index is 922. The van der Waals surface area contributed by atoms with Crippen LogP contribution in [0.15, 0.2) is 54.6 Å². The Morgan fingerprint density at radius 3 is 2.53 bits per heavy atom. The Hall–Kier alpha value is -2.53. The lowest BCUT2D eigenvalue weighted by molar-refractivity contribution is -0.133. The Labute approximate surface area is 176 Å². The fourth-order valence-corrected chi connectivity index (χ4v) is 4.77. The number of nitrogens with zero attached hydrogens (tertiary/aromatic N) is 1. The molecule has 1 aliphatic heterocycles. The van der Waals surface area contributed by atoms with Gasteiger partial charge in [-0.15, -0.1) is 0 Å². The highest BCUT2D eigenvalue weighted by molar-refractivity contribution is 5.86. The molecule has 2 aliphatic rings. The van der Waals surface area contributed by atoms with Crippen LogP contribution in [0.1, 0.15) is 55.7 Å². The number of halogens is 2. The second kappa shape index (κ2) is 9.09. The summed E-state index contributed by atoms with van der Waals surface area (Å²) in [4.78, 5) is 15.0. The van der Waals surface area contributed by atoms with Crippen molar-refractivity contribution in [2.75, 3.05) is 6.54 Å². The Morgan fingerprint density at radius 1 is 1.07 bits per heavy atom. The van der Waals surface area contributed by atoms with Gasteiger partial charge in [-0.2, -0.15) is 0 Å². The maximum absolute atomic E-state index is 14.4. The zero-order valence-corrected chi connectivity index (χ0v) is 17.1. The van der Waals surface area contributed by atoms with Gasteiger partial charge >= 0.3 is 0 Å². The zero-order chi connectivity index (χ0) is 21.1. The minimum atomic E-state index is -0.579. The molecule has 1 fully saturated rings. The highest BCUT2D eigenvalue weighted by Crippen LogP contribution is 2.36. The average molecular weight is 411 g/mol. The molecule has 3 nitrogen and oxygen atoms in total. The fraction of sp³-hybridized carbons (Fsp3) is 0.400.